The van der Waals surface area contributed by atoms with E-state index in [0.717, 1.165) is 29.9 Å². The number of nitrogens with two attached hydrogens (primary N) is 1. The number of hydrogen-bond donors (Lipinski definition) is 1. The minimum absolute atomic E-state index is 0.325. The fourth-order valence-corrected chi connectivity index (χ4v) is 2.32. The van der Waals surface area contributed by atoms with Gasteiger partial charge in [-0.25, -0.2) is 0 Å². The van der Waals surface area contributed by atoms with E-state index in [1.807, 2.05) is 30.4 Å². The van der Waals surface area contributed by atoms with Crippen LogP contribution in [0.5, 0.6) is 11.5 Å². The van der Waals surface area contributed by atoms with Gasteiger partial charge in [-0.2, -0.15) is 0 Å². The number of ether oxygens (including phenoxy) is 2. The average Bonchev–Trinajstić information content (AvgIpc) is 2.90. The summed E-state index contributed by atoms with van der Waals surface area (Å²) in [6.45, 7) is 0.528. The molecule has 0 atom stereocenters. The van der Waals surface area contributed by atoms with Gasteiger partial charge in [0.05, 0.1) is 13.2 Å². The second kappa shape index (κ2) is 6.45. The minimum atomic E-state index is 0.325. The average molecular weight is 247 g/mol. The molecule has 2 N–H and O–H groups in total. The summed E-state index contributed by atoms with van der Waals surface area (Å²) in [5.41, 5.74) is 6.54. The van der Waals surface area contributed by atoms with Crippen molar-refractivity contribution in [2.75, 3.05) is 13.7 Å². The number of benzene rings is 1. The Morgan fingerprint density at radius 3 is 2.78 bits per heavy atom. The summed E-state index contributed by atoms with van der Waals surface area (Å²) >= 11 is 0. The van der Waals surface area contributed by atoms with Crippen LogP contribution in [0, 0.1) is 0 Å². The molecule has 3 heteroatoms. The van der Waals surface area contributed by atoms with Gasteiger partial charge in [0.25, 0.3) is 0 Å². The van der Waals surface area contributed by atoms with Crippen molar-refractivity contribution in [1.29, 1.82) is 0 Å². The molecule has 0 aliphatic heterocycles. The maximum atomic E-state index is 6.11. The van der Waals surface area contributed by atoms with Crippen molar-refractivity contribution in [3.63, 3.8) is 0 Å². The van der Waals surface area contributed by atoms with E-state index >= 15 is 0 Å². The van der Waals surface area contributed by atoms with E-state index in [0.29, 0.717) is 12.6 Å². The fraction of sp³-hybridized carbons (Fsp3) is 0.467. The van der Waals surface area contributed by atoms with Gasteiger partial charge in [-0.3, -0.25) is 0 Å². The standard InChI is InChI=1S/C15H21NO2/c1-17-14-10-4-6-12(7-5-11-16)15(14)18-13-8-2-3-9-13/h4-7,10,13H,2-3,8-9,11,16H2,1H3/b7-5+. The molecule has 0 radical (unpaired) electrons. The first kappa shape index (κ1) is 13.0. The lowest BCUT2D eigenvalue weighted by atomic mass is 10.1. The Hall–Kier alpha value is -1.48. The molecule has 2 rings (SSSR count). The van der Waals surface area contributed by atoms with Gasteiger partial charge in [0.15, 0.2) is 11.5 Å². The van der Waals surface area contributed by atoms with E-state index in [2.05, 4.69) is 0 Å². The predicted molar refractivity (Wildman–Crippen MR) is 74.0 cm³/mol. The van der Waals surface area contributed by atoms with Gasteiger partial charge in [0.2, 0.25) is 0 Å². The van der Waals surface area contributed by atoms with Crippen molar-refractivity contribution in [2.24, 2.45) is 5.73 Å². The summed E-state index contributed by atoms with van der Waals surface area (Å²) in [6.07, 6.45) is 9.03. The molecular formula is C15H21NO2. The Morgan fingerprint density at radius 1 is 1.33 bits per heavy atom. The van der Waals surface area contributed by atoms with Gasteiger partial charge in [-0.1, -0.05) is 24.3 Å². The molecule has 98 valence electrons. The lowest BCUT2D eigenvalue weighted by Gasteiger charge is -2.18. The Morgan fingerprint density at radius 2 is 2.11 bits per heavy atom. The van der Waals surface area contributed by atoms with Gasteiger partial charge >= 0.3 is 0 Å². The third-order valence-electron chi connectivity index (χ3n) is 3.25. The van der Waals surface area contributed by atoms with Crippen LogP contribution >= 0.6 is 0 Å². The van der Waals surface area contributed by atoms with Crippen molar-refractivity contribution in [3.05, 3.63) is 29.8 Å². The Kier molecular flexibility index (Phi) is 4.65. The Labute approximate surface area is 109 Å². The Bertz CT molecular complexity index is 409. The Balaban J connectivity index is 2.24. The van der Waals surface area contributed by atoms with Crippen LogP contribution in [0.15, 0.2) is 24.3 Å². The summed E-state index contributed by atoms with van der Waals surface area (Å²) in [4.78, 5) is 0. The maximum absolute atomic E-state index is 6.11. The van der Waals surface area contributed by atoms with Gasteiger partial charge in [-0.15, -0.1) is 0 Å². The molecule has 1 aliphatic rings. The van der Waals surface area contributed by atoms with E-state index in [9.17, 15) is 0 Å². The van der Waals surface area contributed by atoms with Gasteiger partial charge in [-0.05, 0) is 31.7 Å². The van der Waals surface area contributed by atoms with Crippen LogP contribution in [0.3, 0.4) is 0 Å². The minimum Gasteiger partial charge on any atom is -0.493 e. The van der Waals surface area contributed by atoms with Crippen molar-refractivity contribution >= 4 is 6.08 Å². The third kappa shape index (κ3) is 3.05. The smallest absolute Gasteiger partial charge is 0.168 e. The van der Waals surface area contributed by atoms with Crippen LogP contribution in [-0.2, 0) is 0 Å². The number of para-hydroxylation sites is 1. The highest BCUT2D eigenvalue weighted by Crippen LogP contribution is 2.35. The number of hydrogen-bond acceptors (Lipinski definition) is 3. The number of rotatable bonds is 5. The normalized spacial score (nSPS) is 16.3. The molecule has 0 heterocycles. The molecule has 0 unspecified atom stereocenters. The molecule has 0 aromatic heterocycles. The highest BCUT2D eigenvalue weighted by atomic mass is 16.5. The summed E-state index contributed by atoms with van der Waals surface area (Å²) in [6, 6.07) is 5.93. The number of methoxy groups -OCH3 is 1. The summed E-state index contributed by atoms with van der Waals surface area (Å²) in [5, 5.41) is 0. The van der Waals surface area contributed by atoms with Crippen molar-refractivity contribution in [3.8, 4) is 11.5 Å². The summed E-state index contributed by atoms with van der Waals surface area (Å²) in [5.74, 6) is 1.64. The molecule has 0 saturated heterocycles. The second-order valence-corrected chi connectivity index (χ2v) is 4.54. The van der Waals surface area contributed by atoms with Crippen molar-refractivity contribution in [1.82, 2.24) is 0 Å². The molecule has 18 heavy (non-hydrogen) atoms. The van der Waals surface area contributed by atoms with Gasteiger partial charge < -0.3 is 15.2 Å². The third-order valence-corrected chi connectivity index (χ3v) is 3.25. The van der Waals surface area contributed by atoms with E-state index < -0.39 is 0 Å². The molecule has 1 aliphatic carbocycles. The fourth-order valence-electron chi connectivity index (χ4n) is 2.32. The molecule has 1 fully saturated rings. The lowest BCUT2D eigenvalue weighted by molar-refractivity contribution is 0.200. The molecule has 1 aromatic carbocycles. The zero-order chi connectivity index (χ0) is 12.8. The van der Waals surface area contributed by atoms with Crippen LogP contribution in [0.4, 0.5) is 0 Å². The zero-order valence-corrected chi connectivity index (χ0v) is 10.9. The molecule has 3 nitrogen and oxygen atoms in total. The highest BCUT2D eigenvalue weighted by molar-refractivity contribution is 5.62. The van der Waals surface area contributed by atoms with Crippen molar-refractivity contribution < 1.29 is 9.47 Å². The highest BCUT2D eigenvalue weighted by Gasteiger charge is 2.19. The molecule has 0 amide bonds. The first-order chi connectivity index (χ1) is 8.85. The van der Waals surface area contributed by atoms with Crippen LogP contribution < -0.4 is 15.2 Å². The van der Waals surface area contributed by atoms with Crippen LogP contribution in [0.25, 0.3) is 6.08 Å². The summed E-state index contributed by atoms with van der Waals surface area (Å²) in [7, 11) is 1.67. The largest absolute Gasteiger partial charge is 0.493 e. The molecule has 1 aromatic rings. The topological polar surface area (TPSA) is 44.5 Å². The lowest BCUT2D eigenvalue weighted by Crippen LogP contribution is -2.12. The van der Waals surface area contributed by atoms with E-state index in [1.165, 1.54) is 12.8 Å². The SMILES string of the molecule is COc1cccc(/C=C/CN)c1OC1CCCC1. The van der Waals surface area contributed by atoms with Crippen LogP contribution in [-0.4, -0.2) is 19.8 Å². The van der Waals surface area contributed by atoms with E-state index in [-0.39, 0.29) is 0 Å². The summed E-state index contributed by atoms with van der Waals surface area (Å²) < 4.78 is 11.5. The van der Waals surface area contributed by atoms with Gasteiger partial charge in [0, 0.05) is 12.1 Å². The van der Waals surface area contributed by atoms with E-state index in [1.54, 1.807) is 7.11 Å². The van der Waals surface area contributed by atoms with Crippen molar-refractivity contribution in [2.45, 2.75) is 31.8 Å². The predicted octanol–water partition coefficient (Wildman–Crippen LogP) is 2.99. The first-order valence-electron chi connectivity index (χ1n) is 6.55. The molecule has 1 saturated carbocycles. The van der Waals surface area contributed by atoms with Crippen LogP contribution in [0.1, 0.15) is 31.2 Å². The molecular weight excluding hydrogens is 226 g/mol. The second-order valence-electron chi connectivity index (χ2n) is 4.54. The molecule has 0 spiro atoms. The maximum Gasteiger partial charge on any atom is 0.168 e. The zero-order valence-electron chi connectivity index (χ0n) is 10.9. The molecule has 0 bridgehead atoms. The van der Waals surface area contributed by atoms with Crippen LogP contribution in [0.2, 0.25) is 0 Å². The first-order valence-corrected chi connectivity index (χ1v) is 6.55. The monoisotopic (exact) mass is 247 g/mol. The quantitative estimate of drug-likeness (QED) is 0.870. The van der Waals surface area contributed by atoms with Gasteiger partial charge in [0.1, 0.15) is 0 Å². The van der Waals surface area contributed by atoms with E-state index in [4.69, 9.17) is 15.2 Å².